The maximum atomic E-state index is 5.16. The van der Waals surface area contributed by atoms with Gasteiger partial charge in [0.1, 0.15) is 0 Å². The van der Waals surface area contributed by atoms with E-state index in [2.05, 4.69) is 24.3 Å². The van der Waals surface area contributed by atoms with Gasteiger partial charge in [-0.05, 0) is 32.9 Å². The molecular weight excluding hydrogens is 190 g/mol. The SMILES string of the molecule is CNC(COC)Cc1c(C)nn(C)c1C. The first-order valence-corrected chi connectivity index (χ1v) is 5.25. The monoisotopic (exact) mass is 211 g/mol. The molecular formula is C11H21N3O. The number of hydrogen-bond acceptors (Lipinski definition) is 3. The van der Waals surface area contributed by atoms with Gasteiger partial charge in [-0.25, -0.2) is 0 Å². The molecule has 15 heavy (non-hydrogen) atoms. The summed E-state index contributed by atoms with van der Waals surface area (Å²) in [7, 11) is 5.68. The van der Waals surface area contributed by atoms with Crippen molar-refractivity contribution in [1.29, 1.82) is 0 Å². The van der Waals surface area contributed by atoms with E-state index in [9.17, 15) is 0 Å². The molecule has 1 atom stereocenters. The van der Waals surface area contributed by atoms with Crippen molar-refractivity contribution in [2.75, 3.05) is 20.8 Å². The molecule has 0 saturated carbocycles. The van der Waals surface area contributed by atoms with Crippen LogP contribution in [0.3, 0.4) is 0 Å². The van der Waals surface area contributed by atoms with Crippen molar-refractivity contribution in [3.63, 3.8) is 0 Å². The van der Waals surface area contributed by atoms with Gasteiger partial charge in [0, 0.05) is 25.9 Å². The molecule has 4 nitrogen and oxygen atoms in total. The van der Waals surface area contributed by atoms with Crippen LogP contribution in [0.1, 0.15) is 17.0 Å². The summed E-state index contributed by atoms with van der Waals surface area (Å²) in [5.41, 5.74) is 3.68. The topological polar surface area (TPSA) is 39.1 Å². The quantitative estimate of drug-likeness (QED) is 0.783. The van der Waals surface area contributed by atoms with Crippen molar-refractivity contribution in [2.24, 2.45) is 7.05 Å². The first kappa shape index (κ1) is 12.2. The minimum absolute atomic E-state index is 0.358. The number of nitrogens with one attached hydrogen (secondary N) is 1. The number of aryl methyl sites for hydroxylation is 2. The number of nitrogens with zero attached hydrogens (tertiary/aromatic N) is 2. The van der Waals surface area contributed by atoms with Crippen LogP contribution in [0.25, 0.3) is 0 Å². The minimum Gasteiger partial charge on any atom is -0.383 e. The van der Waals surface area contributed by atoms with Gasteiger partial charge in [-0.15, -0.1) is 0 Å². The Morgan fingerprint density at radius 1 is 1.47 bits per heavy atom. The molecule has 1 rings (SSSR count). The van der Waals surface area contributed by atoms with Crippen LogP contribution in [-0.2, 0) is 18.2 Å². The van der Waals surface area contributed by atoms with Crippen LogP contribution in [-0.4, -0.2) is 36.6 Å². The Hall–Kier alpha value is -0.870. The zero-order valence-corrected chi connectivity index (χ0v) is 10.3. The number of methoxy groups -OCH3 is 1. The normalized spacial score (nSPS) is 13.1. The molecule has 0 aliphatic rings. The zero-order valence-electron chi connectivity index (χ0n) is 10.3. The number of rotatable bonds is 5. The van der Waals surface area contributed by atoms with E-state index in [0.29, 0.717) is 6.04 Å². The summed E-state index contributed by atoms with van der Waals surface area (Å²) in [6, 6.07) is 0.358. The molecule has 0 amide bonds. The summed E-state index contributed by atoms with van der Waals surface area (Å²) in [5, 5.41) is 7.66. The molecule has 0 spiro atoms. The van der Waals surface area contributed by atoms with E-state index in [0.717, 1.165) is 18.7 Å². The van der Waals surface area contributed by atoms with Crippen LogP contribution < -0.4 is 5.32 Å². The molecule has 86 valence electrons. The Bertz CT molecular complexity index is 320. The first-order chi connectivity index (χ1) is 7.10. The largest absolute Gasteiger partial charge is 0.383 e. The van der Waals surface area contributed by atoms with Crippen molar-refractivity contribution < 1.29 is 4.74 Å². The number of likely N-dealkylation sites (N-methyl/N-ethyl adjacent to an activating group) is 1. The van der Waals surface area contributed by atoms with Gasteiger partial charge in [0.15, 0.2) is 0 Å². The highest BCUT2D eigenvalue weighted by molar-refractivity contribution is 5.25. The predicted molar refractivity (Wildman–Crippen MR) is 61.1 cm³/mol. The Balaban J connectivity index is 2.78. The zero-order chi connectivity index (χ0) is 11.4. The first-order valence-electron chi connectivity index (χ1n) is 5.25. The highest BCUT2D eigenvalue weighted by Crippen LogP contribution is 2.14. The third-order valence-electron chi connectivity index (χ3n) is 2.89. The molecule has 1 N–H and O–H groups in total. The van der Waals surface area contributed by atoms with Crippen molar-refractivity contribution >= 4 is 0 Å². The predicted octanol–water partition coefficient (Wildman–Crippen LogP) is 0.814. The molecule has 0 aliphatic heterocycles. The Labute approximate surface area is 91.6 Å². The second-order valence-electron chi connectivity index (χ2n) is 3.92. The Morgan fingerprint density at radius 3 is 2.53 bits per heavy atom. The Kier molecular flexibility index (Phi) is 4.29. The molecule has 1 aromatic heterocycles. The highest BCUT2D eigenvalue weighted by Gasteiger charge is 2.14. The van der Waals surface area contributed by atoms with Crippen LogP contribution in [0.2, 0.25) is 0 Å². The van der Waals surface area contributed by atoms with Crippen molar-refractivity contribution in [3.05, 3.63) is 17.0 Å². The lowest BCUT2D eigenvalue weighted by molar-refractivity contribution is 0.169. The van der Waals surface area contributed by atoms with Crippen molar-refractivity contribution in [3.8, 4) is 0 Å². The van der Waals surface area contributed by atoms with Gasteiger partial charge >= 0.3 is 0 Å². The average Bonchev–Trinajstić information content (AvgIpc) is 2.44. The van der Waals surface area contributed by atoms with Gasteiger partial charge in [-0.3, -0.25) is 4.68 Å². The summed E-state index contributed by atoms with van der Waals surface area (Å²) in [6.07, 6.45) is 0.968. The molecule has 0 saturated heterocycles. The van der Waals surface area contributed by atoms with Gasteiger partial charge in [0.25, 0.3) is 0 Å². The lowest BCUT2D eigenvalue weighted by Gasteiger charge is -2.15. The molecule has 1 aromatic rings. The van der Waals surface area contributed by atoms with Crippen molar-refractivity contribution in [1.82, 2.24) is 15.1 Å². The van der Waals surface area contributed by atoms with E-state index >= 15 is 0 Å². The third kappa shape index (κ3) is 2.79. The van der Waals surface area contributed by atoms with E-state index in [-0.39, 0.29) is 0 Å². The highest BCUT2D eigenvalue weighted by atomic mass is 16.5. The molecule has 1 unspecified atom stereocenters. The fourth-order valence-electron chi connectivity index (χ4n) is 1.80. The van der Waals surface area contributed by atoms with E-state index in [1.807, 2.05) is 18.8 Å². The summed E-state index contributed by atoms with van der Waals surface area (Å²) >= 11 is 0. The average molecular weight is 211 g/mol. The summed E-state index contributed by atoms with van der Waals surface area (Å²) < 4.78 is 7.10. The van der Waals surface area contributed by atoms with Crippen LogP contribution in [0.4, 0.5) is 0 Å². The van der Waals surface area contributed by atoms with Gasteiger partial charge in [0.05, 0.1) is 12.3 Å². The molecule has 1 heterocycles. The maximum absolute atomic E-state index is 5.16. The van der Waals surface area contributed by atoms with Crippen LogP contribution >= 0.6 is 0 Å². The van der Waals surface area contributed by atoms with Crippen LogP contribution in [0, 0.1) is 13.8 Å². The Morgan fingerprint density at radius 2 is 2.13 bits per heavy atom. The lowest BCUT2D eigenvalue weighted by atomic mass is 10.0. The standard InChI is InChI=1S/C11H21N3O/c1-8-11(9(2)14(4)13-8)6-10(12-3)7-15-5/h10,12H,6-7H2,1-5H3. The van der Waals surface area contributed by atoms with Crippen molar-refractivity contribution in [2.45, 2.75) is 26.3 Å². The number of aromatic nitrogens is 2. The van der Waals surface area contributed by atoms with Gasteiger partial charge in [-0.1, -0.05) is 0 Å². The molecule has 0 aliphatic carbocycles. The molecule has 0 bridgehead atoms. The molecule has 0 aromatic carbocycles. The maximum Gasteiger partial charge on any atom is 0.0628 e. The van der Waals surface area contributed by atoms with Gasteiger partial charge in [-0.2, -0.15) is 5.10 Å². The van der Waals surface area contributed by atoms with E-state index in [1.54, 1.807) is 7.11 Å². The fourth-order valence-corrected chi connectivity index (χ4v) is 1.80. The van der Waals surface area contributed by atoms with Crippen LogP contribution in [0.15, 0.2) is 0 Å². The van der Waals surface area contributed by atoms with E-state index in [4.69, 9.17) is 4.74 Å². The third-order valence-corrected chi connectivity index (χ3v) is 2.89. The fraction of sp³-hybridized carbons (Fsp3) is 0.727. The molecule has 0 radical (unpaired) electrons. The van der Waals surface area contributed by atoms with E-state index in [1.165, 1.54) is 11.3 Å². The lowest BCUT2D eigenvalue weighted by Crippen LogP contribution is -2.32. The number of hydrogen-bond donors (Lipinski definition) is 1. The summed E-state index contributed by atoms with van der Waals surface area (Å²) in [5.74, 6) is 0. The summed E-state index contributed by atoms with van der Waals surface area (Å²) in [6.45, 7) is 4.89. The smallest absolute Gasteiger partial charge is 0.0628 e. The number of ether oxygens (including phenoxy) is 1. The summed E-state index contributed by atoms with van der Waals surface area (Å²) in [4.78, 5) is 0. The second kappa shape index (κ2) is 5.28. The second-order valence-corrected chi connectivity index (χ2v) is 3.92. The minimum atomic E-state index is 0.358. The van der Waals surface area contributed by atoms with Gasteiger partial charge < -0.3 is 10.1 Å². The van der Waals surface area contributed by atoms with Gasteiger partial charge in [0.2, 0.25) is 0 Å². The molecule has 0 fully saturated rings. The van der Waals surface area contributed by atoms with E-state index < -0.39 is 0 Å². The van der Waals surface area contributed by atoms with Crippen LogP contribution in [0.5, 0.6) is 0 Å². The molecule has 4 heteroatoms.